The first-order valence-electron chi connectivity index (χ1n) is 6.44. The molecule has 3 aliphatic rings. The van der Waals surface area contributed by atoms with Crippen molar-refractivity contribution < 1.29 is 0 Å². The highest BCUT2D eigenvalue weighted by atomic mass is 127. The first-order valence-corrected chi connectivity index (χ1v) is 7.52. The topological polar surface area (TPSA) is 0 Å². The van der Waals surface area contributed by atoms with E-state index in [1.54, 1.807) is 5.57 Å². The van der Waals surface area contributed by atoms with E-state index in [0.717, 1.165) is 11.8 Å². The monoisotopic (exact) mass is 338 g/mol. The minimum atomic E-state index is 0.325. The molecule has 0 saturated heterocycles. The van der Waals surface area contributed by atoms with E-state index in [2.05, 4.69) is 73.7 Å². The van der Waals surface area contributed by atoms with Gasteiger partial charge in [0, 0.05) is 3.58 Å². The summed E-state index contributed by atoms with van der Waals surface area (Å²) in [7, 11) is 0. The lowest BCUT2D eigenvalue weighted by Gasteiger charge is -2.30. The van der Waals surface area contributed by atoms with Crippen molar-refractivity contribution in [2.75, 3.05) is 0 Å². The summed E-state index contributed by atoms with van der Waals surface area (Å²) < 4.78 is 1.40. The van der Waals surface area contributed by atoms with Crippen molar-refractivity contribution in [1.29, 1.82) is 0 Å². The number of rotatable bonds is 0. The number of hydrogen-bond donors (Lipinski definition) is 0. The summed E-state index contributed by atoms with van der Waals surface area (Å²) in [6.45, 7) is 7.08. The molecule has 0 bridgehead atoms. The normalized spacial score (nSPS) is 37.9. The second-order valence-corrected chi connectivity index (χ2v) is 7.37. The summed E-state index contributed by atoms with van der Waals surface area (Å²) in [5, 5.41) is 0. The van der Waals surface area contributed by atoms with Gasteiger partial charge in [0.2, 0.25) is 0 Å². The second-order valence-electron chi connectivity index (χ2n) is 6.13. The number of allylic oxidation sites excluding steroid dienone is 8. The molecule has 90 valence electrons. The second kappa shape index (κ2) is 3.84. The van der Waals surface area contributed by atoms with Crippen LogP contribution < -0.4 is 0 Å². The van der Waals surface area contributed by atoms with E-state index in [-0.39, 0.29) is 0 Å². The predicted molar refractivity (Wildman–Crippen MR) is 82.0 cm³/mol. The van der Waals surface area contributed by atoms with Gasteiger partial charge in [-0.2, -0.15) is 0 Å². The molecule has 0 heterocycles. The maximum Gasteiger partial charge on any atom is 0.00902 e. The molecule has 0 aromatic rings. The van der Waals surface area contributed by atoms with Crippen molar-refractivity contribution in [3.8, 4) is 0 Å². The summed E-state index contributed by atoms with van der Waals surface area (Å²) in [6, 6.07) is 0. The first kappa shape index (κ1) is 11.8. The molecule has 0 aromatic heterocycles. The van der Waals surface area contributed by atoms with E-state index < -0.39 is 0 Å². The van der Waals surface area contributed by atoms with Crippen LogP contribution in [0, 0.1) is 23.2 Å². The molecule has 0 amide bonds. The molecule has 0 nitrogen and oxygen atoms in total. The van der Waals surface area contributed by atoms with Gasteiger partial charge < -0.3 is 0 Å². The molecule has 17 heavy (non-hydrogen) atoms. The Balaban J connectivity index is 2.09. The average Bonchev–Trinajstić information content (AvgIpc) is 2.49. The van der Waals surface area contributed by atoms with Crippen molar-refractivity contribution in [2.45, 2.75) is 27.2 Å². The highest BCUT2D eigenvalue weighted by molar-refractivity contribution is 14.1. The SMILES string of the molecule is CC1=CCC2C(=C1)C(C)(C)C1C=C(I)C=CC21. The van der Waals surface area contributed by atoms with Crippen LogP contribution in [0.3, 0.4) is 0 Å². The highest BCUT2D eigenvalue weighted by Crippen LogP contribution is 2.59. The van der Waals surface area contributed by atoms with Crippen molar-refractivity contribution in [3.63, 3.8) is 0 Å². The Labute approximate surface area is 118 Å². The van der Waals surface area contributed by atoms with Gasteiger partial charge in [0.25, 0.3) is 0 Å². The molecule has 0 spiro atoms. The molecule has 1 heteroatoms. The third-order valence-electron chi connectivity index (χ3n) is 4.75. The smallest absolute Gasteiger partial charge is 0.00902 e. The summed E-state index contributed by atoms with van der Waals surface area (Å²) in [5.41, 5.74) is 3.46. The molecule has 3 unspecified atom stereocenters. The van der Waals surface area contributed by atoms with Crippen LogP contribution >= 0.6 is 22.6 Å². The lowest BCUT2D eigenvalue weighted by atomic mass is 9.75. The molecule has 3 atom stereocenters. The molecule has 0 N–H and O–H groups in total. The standard InChI is InChI=1S/C16H19I/c1-10-4-6-12-13-7-5-11(17)9-15(13)16(2,3)14(12)8-10/h4-5,7-9,12-13,15H,6H2,1-3H3. The van der Waals surface area contributed by atoms with E-state index in [1.165, 1.54) is 15.6 Å². The van der Waals surface area contributed by atoms with Gasteiger partial charge in [-0.15, -0.1) is 0 Å². The molecule has 1 saturated carbocycles. The van der Waals surface area contributed by atoms with Crippen LogP contribution in [-0.4, -0.2) is 0 Å². The van der Waals surface area contributed by atoms with Gasteiger partial charge in [-0.3, -0.25) is 0 Å². The predicted octanol–water partition coefficient (Wildman–Crippen LogP) is 5.04. The van der Waals surface area contributed by atoms with Crippen LogP contribution in [0.4, 0.5) is 0 Å². The highest BCUT2D eigenvalue weighted by Gasteiger charge is 2.50. The van der Waals surface area contributed by atoms with Crippen LogP contribution in [0.5, 0.6) is 0 Å². The van der Waals surface area contributed by atoms with Crippen LogP contribution in [0.2, 0.25) is 0 Å². The van der Waals surface area contributed by atoms with Crippen LogP contribution in [0.1, 0.15) is 27.2 Å². The van der Waals surface area contributed by atoms with Gasteiger partial charge in [-0.05, 0) is 59.1 Å². The summed E-state index contributed by atoms with van der Waals surface area (Å²) in [6.07, 6.45) is 13.3. The maximum absolute atomic E-state index is 2.49. The van der Waals surface area contributed by atoms with Crippen LogP contribution in [-0.2, 0) is 0 Å². The minimum absolute atomic E-state index is 0.325. The van der Waals surface area contributed by atoms with Gasteiger partial charge in [0.1, 0.15) is 0 Å². The van der Waals surface area contributed by atoms with Gasteiger partial charge >= 0.3 is 0 Å². The van der Waals surface area contributed by atoms with Crippen LogP contribution in [0.25, 0.3) is 0 Å². The first-order chi connectivity index (χ1) is 8.00. The lowest BCUT2D eigenvalue weighted by Crippen LogP contribution is -2.22. The largest absolute Gasteiger partial charge is 0.0810 e. The molecule has 0 radical (unpaired) electrons. The zero-order valence-corrected chi connectivity index (χ0v) is 12.9. The number of hydrogen-bond acceptors (Lipinski definition) is 0. The van der Waals surface area contributed by atoms with E-state index in [4.69, 9.17) is 0 Å². The zero-order valence-electron chi connectivity index (χ0n) is 10.7. The molecule has 0 aromatic carbocycles. The van der Waals surface area contributed by atoms with Crippen molar-refractivity contribution >= 4 is 22.6 Å². The van der Waals surface area contributed by atoms with Gasteiger partial charge in [0.15, 0.2) is 0 Å². The average molecular weight is 338 g/mol. The quantitative estimate of drug-likeness (QED) is 0.543. The molecule has 0 aliphatic heterocycles. The van der Waals surface area contributed by atoms with Gasteiger partial charge in [-0.1, -0.05) is 55.4 Å². The van der Waals surface area contributed by atoms with E-state index in [0.29, 0.717) is 11.3 Å². The fraction of sp³-hybridized carbons (Fsp3) is 0.500. The molecular weight excluding hydrogens is 319 g/mol. The molecule has 3 rings (SSSR count). The third kappa shape index (κ3) is 1.69. The van der Waals surface area contributed by atoms with E-state index in [1.807, 2.05) is 0 Å². The summed E-state index contributed by atoms with van der Waals surface area (Å²) in [5.74, 6) is 2.16. The Morgan fingerprint density at radius 2 is 2.12 bits per heavy atom. The van der Waals surface area contributed by atoms with Crippen LogP contribution in [0.15, 0.2) is 45.1 Å². The molecule has 1 fully saturated rings. The third-order valence-corrected chi connectivity index (χ3v) is 5.47. The van der Waals surface area contributed by atoms with Gasteiger partial charge in [0.05, 0.1) is 0 Å². The maximum atomic E-state index is 2.49. The number of fused-ring (bicyclic) bond motifs is 3. The Hall–Kier alpha value is -0.310. The van der Waals surface area contributed by atoms with Crippen molar-refractivity contribution in [2.24, 2.45) is 23.2 Å². The fourth-order valence-corrected chi connectivity index (χ4v) is 4.40. The van der Waals surface area contributed by atoms with Crippen molar-refractivity contribution in [3.05, 3.63) is 45.1 Å². The lowest BCUT2D eigenvalue weighted by molar-refractivity contribution is 0.321. The fourth-order valence-electron chi connectivity index (χ4n) is 3.81. The Bertz CT molecular complexity index is 474. The van der Waals surface area contributed by atoms with E-state index in [9.17, 15) is 0 Å². The molecule has 3 aliphatic carbocycles. The summed E-state index contributed by atoms with van der Waals surface area (Å²) >= 11 is 2.45. The zero-order chi connectivity index (χ0) is 12.2. The Kier molecular flexibility index (Phi) is 2.66. The number of halogens is 1. The molecular formula is C16H19I. The van der Waals surface area contributed by atoms with Crippen molar-refractivity contribution in [1.82, 2.24) is 0 Å². The van der Waals surface area contributed by atoms with Gasteiger partial charge in [-0.25, -0.2) is 0 Å². The minimum Gasteiger partial charge on any atom is -0.0810 e. The Morgan fingerprint density at radius 3 is 2.88 bits per heavy atom. The summed E-state index contributed by atoms with van der Waals surface area (Å²) in [4.78, 5) is 0. The van der Waals surface area contributed by atoms with E-state index >= 15 is 0 Å². The Morgan fingerprint density at radius 1 is 1.35 bits per heavy atom.